The summed E-state index contributed by atoms with van der Waals surface area (Å²) in [5.74, 6) is 1.65. The largest absolute Gasteiger partial charge is 0.384 e. The van der Waals surface area contributed by atoms with Crippen LogP contribution < -0.4 is 5.73 Å². The Balaban J connectivity index is 2.43. The molecule has 0 aliphatic heterocycles. The van der Waals surface area contributed by atoms with Gasteiger partial charge >= 0.3 is 0 Å². The average Bonchev–Trinajstić information content (AvgIpc) is 2.31. The van der Waals surface area contributed by atoms with Gasteiger partial charge in [-0.25, -0.2) is 9.97 Å². The van der Waals surface area contributed by atoms with Crippen molar-refractivity contribution in [3.05, 3.63) is 39.5 Å². The first-order chi connectivity index (χ1) is 8.95. The van der Waals surface area contributed by atoms with Gasteiger partial charge in [-0.15, -0.1) is 0 Å². The van der Waals surface area contributed by atoms with Crippen molar-refractivity contribution in [2.75, 3.05) is 5.73 Å². The Morgan fingerprint density at radius 1 is 1.26 bits per heavy atom. The highest BCUT2D eigenvalue weighted by molar-refractivity contribution is 9.10. The van der Waals surface area contributed by atoms with Crippen molar-refractivity contribution in [3.63, 3.8) is 0 Å². The Bertz CT molecular complexity index is 599. The Hall–Kier alpha value is -1.13. The molecule has 0 spiro atoms. The third kappa shape index (κ3) is 3.67. The third-order valence-electron chi connectivity index (χ3n) is 2.59. The molecule has 0 saturated carbocycles. The molecule has 1 heterocycles. The molecular formula is C14H15BrClN3. The first kappa shape index (κ1) is 14.3. The van der Waals surface area contributed by atoms with Gasteiger partial charge in [0.05, 0.1) is 5.02 Å². The number of rotatable bonds is 3. The number of nitrogens with zero attached hydrogens (tertiary/aromatic N) is 2. The topological polar surface area (TPSA) is 51.8 Å². The second-order valence-corrected chi connectivity index (χ2v) is 6.10. The molecule has 0 aliphatic rings. The molecule has 0 unspecified atom stereocenters. The van der Waals surface area contributed by atoms with Crippen LogP contribution in [-0.4, -0.2) is 9.97 Å². The van der Waals surface area contributed by atoms with Crippen molar-refractivity contribution in [1.82, 2.24) is 9.97 Å². The molecule has 1 aromatic carbocycles. The minimum atomic E-state index is 0.492. The number of nitrogens with two attached hydrogens (primary N) is 1. The van der Waals surface area contributed by atoms with Gasteiger partial charge in [-0.1, -0.05) is 25.4 Å². The molecule has 0 saturated heterocycles. The number of nitrogen functional groups attached to an aromatic ring is 1. The highest BCUT2D eigenvalue weighted by Crippen LogP contribution is 2.27. The molecule has 2 aromatic rings. The van der Waals surface area contributed by atoms with Crippen LogP contribution in [0, 0.1) is 5.92 Å². The lowest BCUT2D eigenvalue weighted by Gasteiger charge is -2.08. The van der Waals surface area contributed by atoms with Gasteiger partial charge in [-0.3, -0.25) is 0 Å². The van der Waals surface area contributed by atoms with E-state index in [1.54, 1.807) is 0 Å². The summed E-state index contributed by atoms with van der Waals surface area (Å²) in [6, 6.07) is 7.43. The molecular weight excluding hydrogens is 326 g/mol. The van der Waals surface area contributed by atoms with Gasteiger partial charge in [-0.05, 0) is 46.5 Å². The normalized spacial score (nSPS) is 11.0. The van der Waals surface area contributed by atoms with E-state index >= 15 is 0 Å². The number of benzene rings is 1. The molecule has 1 aromatic heterocycles. The summed E-state index contributed by atoms with van der Waals surface area (Å²) < 4.78 is 0.822. The van der Waals surface area contributed by atoms with Gasteiger partial charge in [0, 0.05) is 21.8 Å². The summed E-state index contributed by atoms with van der Waals surface area (Å²) in [5.41, 5.74) is 7.71. The first-order valence-electron chi connectivity index (χ1n) is 6.04. The van der Waals surface area contributed by atoms with Crippen LogP contribution in [0.5, 0.6) is 0 Å². The van der Waals surface area contributed by atoms with Crippen molar-refractivity contribution in [2.45, 2.75) is 20.3 Å². The monoisotopic (exact) mass is 339 g/mol. The zero-order chi connectivity index (χ0) is 14.0. The van der Waals surface area contributed by atoms with E-state index in [-0.39, 0.29) is 0 Å². The van der Waals surface area contributed by atoms with E-state index in [4.69, 9.17) is 17.3 Å². The predicted molar refractivity (Wildman–Crippen MR) is 83.1 cm³/mol. The van der Waals surface area contributed by atoms with Crippen LogP contribution in [0.1, 0.15) is 19.5 Å². The fraction of sp³-hybridized carbons (Fsp3) is 0.286. The standard InChI is InChI=1S/C14H15BrClN3/c1-8(2)5-10-7-13(17)19-14(18-10)9-3-4-12(16)11(15)6-9/h3-4,6-8H,5H2,1-2H3,(H2,17,18,19). The van der Waals surface area contributed by atoms with Crippen LogP contribution in [0.15, 0.2) is 28.7 Å². The summed E-state index contributed by atoms with van der Waals surface area (Å²) in [6.45, 7) is 4.30. The Morgan fingerprint density at radius 2 is 2.00 bits per heavy atom. The molecule has 3 nitrogen and oxygen atoms in total. The minimum absolute atomic E-state index is 0.492. The Labute approximate surface area is 126 Å². The number of hydrogen-bond donors (Lipinski definition) is 1. The SMILES string of the molecule is CC(C)Cc1cc(N)nc(-c2ccc(Cl)c(Br)c2)n1. The summed E-state index contributed by atoms with van der Waals surface area (Å²) >= 11 is 9.39. The molecule has 0 atom stereocenters. The summed E-state index contributed by atoms with van der Waals surface area (Å²) in [7, 11) is 0. The first-order valence-corrected chi connectivity index (χ1v) is 7.21. The summed E-state index contributed by atoms with van der Waals surface area (Å²) in [5, 5.41) is 0.662. The van der Waals surface area contributed by atoms with E-state index in [0.717, 1.165) is 22.2 Å². The van der Waals surface area contributed by atoms with Gasteiger partial charge in [0.1, 0.15) is 5.82 Å². The fourth-order valence-corrected chi connectivity index (χ4v) is 2.30. The lowest BCUT2D eigenvalue weighted by molar-refractivity contribution is 0.635. The van der Waals surface area contributed by atoms with Crippen molar-refractivity contribution in [1.29, 1.82) is 0 Å². The van der Waals surface area contributed by atoms with E-state index < -0.39 is 0 Å². The van der Waals surface area contributed by atoms with Crippen LogP contribution in [0.2, 0.25) is 5.02 Å². The smallest absolute Gasteiger partial charge is 0.161 e. The second-order valence-electron chi connectivity index (χ2n) is 4.83. The number of anilines is 1. The van der Waals surface area contributed by atoms with E-state index in [0.29, 0.717) is 22.6 Å². The van der Waals surface area contributed by atoms with Crippen molar-refractivity contribution < 1.29 is 0 Å². The summed E-state index contributed by atoms with van der Waals surface area (Å²) in [6.07, 6.45) is 0.883. The lowest BCUT2D eigenvalue weighted by Crippen LogP contribution is -2.03. The van der Waals surface area contributed by atoms with E-state index in [9.17, 15) is 0 Å². The van der Waals surface area contributed by atoms with Gasteiger partial charge in [0.25, 0.3) is 0 Å². The molecule has 2 rings (SSSR count). The molecule has 0 fully saturated rings. The van der Waals surface area contributed by atoms with Crippen LogP contribution in [0.4, 0.5) is 5.82 Å². The molecule has 0 aliphatic carbocycles. The van der Waals surface area contributed by atoms with Crippen LogP contribution in [0.25, 0.3) is 11.4 Å². The van der Waals surface area contributed by atoms with E-state index in [1.807, 2.05) is 24.3 Å². The zero-order valence-electron chi connectivity index (χ0n) is 10.8. The number of hydrogen-bond acceptors (Lipinski definition) is 3. The molecule has 100 valence electrons. The second kappa shape index (κ2) is 5.88. The van der Waals surface area contributed by atoms with Crippen LogP contribution >= 0.6 is 27.5 Å². The maximum atomic E-state index is 5.99. The lowest BCUT2D eigenvalue weighted by atomic mass is 10.1. The van der Waals surface area contributed by atoms with Crippen LogP contribution in [-0.2, 0) is 6.42 Å². The number of aromatic nitrogens is 2. The molecule has 0 radical (unpaired) electrons. The average molecular weight is 341 g/mol. The minimum Gasteiger partial charge on any atom is -0.384 e. The highest BCUT2D eigenvalue weighted by atomic mass is 79.9. The maximum absolute atomic E-state index is 5.99. The maximum Gasteiger partial charge on any atom is 0.161 e. The highest BCUT2D eigenvalue weighted by Gasteiger charge is 2.08. The Morgan fingerprint density at radius 3 is 2.63 bits per heavy atom. The molecule has 0 bridgehead atoms. The fourth-order valence-electron chi connectivity index (χ4n) is 1.81. The van der Waals surface area contributed by atoms with Crippen molar-refractivity contribution in [3.8, 4) is 11.4 Å². The van der Waals surface area contributed by atoms with E-state index in [1.165, 1.54) is 0 Å². The summed E-state index contributed by atoms with van der Waals surface area (Å²) in [4.78, 5) is 8.84. The third-order valence-corrected chi connectivity index (χ3v) is 3.81. The van der Waals surface area contributed by atoms with E-state index in [2.05, 4.69) is 39.7 Å². The Kier molecular flexibility index (Phi) is 4.42. The van der Waals surface area contributed by atoms with Crippen molar-refractivity contribution >= 4 is 33.3 Å². The number of halogens is 2. The van der Waals surface area contributed by atoms with Crippen molar-refractivity contribution in [2.24, 2.45) is 5.92 Å². The van der Waals surface area contributed by atoms with Crippen LogP contribution in [0.3, 0.4) is 0 Å². The van der Waals surface area contributed by atoms with Gasteiger partial charge in [0.2, 0.25) is 0 Å². The zero-order valence-corrected chi connectivity index (χ0v) is 13.2. The molecule has 5 heteroatoms. The molecule has 19 heavy (non-hydrogen) atoms. The van der Waals surface area contributed by atoms with Gasteiger partial charge in [0.15, 0.2) is 5.82 Å². The van der Waals surface area contributed by atoms with Gasteiger partial charge in [-0.2, -0.15) is 0 Å². The molecule has 2 N–H and O–H groups in total. The quantitative estimate of drug-likeness (QED) is 0.904. The predicted octanol–water partition coefficient (Wildman–Crippen LogP) is 4.34. The van der Waals surface area contributed by atoms with Gasteiger partial charge < -0.3 is 5.73 Å². The molecule has 0 amide bonds.